The molecule has 1 aromatic rings. The maximum atomic E-state index is 11.6. The van der Waals surface area contributed by atoms with E-state index in [0.29, 0.717) is 0 Å². The molecule has 1 aliphatic rings. The van der Waals surface area contributed by atoms with E-state index in [9.17, 15) is 14.7 Å². The van der Waals surface area contributed by atoms with Crippen LogP contribution in [0.3, 0.4) is 0 Å². The van der Waals surface area contributed by atoms with Crippen LogP contribution in [0.25, 0.3) is 0 Å². The number of benzene rings is 1. The van der Waals surface area contributed by atoms with Gasteiger partial charge in [0, 0.05) is 12.7 Å². The minimum Gasteiger partial charge on any atom is -0.389 e. The summed E-state index contributed by atoms with van der Waals surface area (Å²) in [7, 11) is 1.49. The van der Waals surface area contributed by atoms with Gasteiger partial charge < -0.3 is 10.0 Å². The number of amides is 2. The minimum absolute atomic E-state index is 0.186. The number of anilines is 1. The normalized spacial score (nSPS) is 18.2. The lowest BCUT2D eigenvalue weighted by atomic mass is 10.1. The third kappa shape index (κ3) is 2.36. The molecule has 1 N–H and O–H groups in total. The third-order valence-electron chi connectivity index (χ3n) is 3.12. The molecule has 0 aliphatic carbocycles. The Kier molecular flexibility index (Phi) is 3.34. The Labute approximate surface area is 106 Å². The smallest absolute Gasteiger partial charge is 0.248 e. The zero-order valence-electron chi connectivity index (χ0n) is 10.5. The summed E-state index contributed by atoms with van der Waals surface area (Å²) in [5, 5.41) is 9.53. The van der Waals surface area contributed by atoms with Crippen molar-refractivity contribution >= 4 is 17.5 Å². The quantitative estimate of drug-likeness (QED) is 0.776. The van der Waals surface area contributed by atoms with Crippen LogP contribution in [0.2, 0.25) is 0 Å². The Balaban J connectivity index is 2.24. The number of carbonyl (C=O) groups is 2. The van der Waals surface area contributed by atoms with Gasteiger partial charge in [-0.1, -0.05) is 12.1 Å². The van der Waals surface area contributed by atoms with Gasteiger partial charge in [0.25, 0.3) is 0 Å². The number of rotatable bonds is 2. The van der Waals surface area contributed by atoms with Crippen LogP contribution in [0.15, 0.2) is 24.3 Å². The maximum Gasteiger partial charge on any atom is 0.248 e. The predicted molar refractivity (Wildman–Crippen MR) is 67.1 cm³/mol. The highest BCUT2D eigenvalue weighted by Gasteiger charge is 2.28. The average Bonchev–Trinajstić information content (AvgIpc) is 2.35. The van der Waals surface area contributed by atoms with Crippen LogP contribution in [0.4, 0.5) is 5.69 Å². The molecular formula is C13H16N2O3. The number of aliphatic hydroxyl groups is 1. The van der Waals surface area contributed by atoms with Crippen molar-refractivity contribution in [2.45, 2.75) is 13.0 Å². The van der Waals surface area contributed by atoms with Crippen molar-refractivity contribution in [2.75, 3.05) is 25.0 Å². The van der Waals surface area contributed by atoms with E-state index < -0.39 is 6.10 Å². The van der Waals surface area contributed by atoms with E-state index in [1.165, 1.54) is 7.05 Å². The maximum absolute atomic E-state index is 11.6. The topological polar surface area (TPSA) is 60.9 Å². The number of imide groups is 1. The average molecular weight is 248 g/mol. The van der Waals surface area contributed by atoms with E-state index in [-0.39, 0.29) is 24.9 Å². The summed E-state index contributed by atoms with van der Waals surface area (Å²) in [6.45, 7) is 2.05. The second kappa shape index (κ2) is 4.78. The molecule has 1 atom stereocenters. The van der Waals surface area contributed by atoms with Crippen LogP contribution < -0.4 is 4.90 Å². The Bertz CT molecular complexity index is 467. The van der Waals surface area contributed by atoms with Crippen molar-refractivity contribution in [1.29, 1.82) is 0 Å². The van der Waals surface area contributed by atoms with E-state index in [1.807, 2.05) is 18.2 Å². The van der Waals surface area contributed by atoms with Gasteiger partial charge in [0.05, 0.1) is 19.2 Å². The molecule has 0 aromatic heterocycles. The number of nitrogens with zero attached hydrogens (tertiary/aromatic N) is 2. The van der Waals surface area contributed by atoms with Gasteiger partial charge in [0.15, 0.2) is 0 Å². The van der Waals surface area contributed by atoms with E-state index in [0.717, 1.165) is 16.2 Å². The van der Waals surface area contributed by atoms with Crippen molar-refractivity contribution in [2.24, 2.45) is 0 Å². The molecule has 0 bridgehead atoms. The van der Waals surface area contributed by atoms with Gasteiger partial charge in [-0.15, -0.1) is 0 Å². The van der Waals surface area contributed by atoms with Crippen molar-refractivity contribution in [3.05, 3.63) is 29.8 Å². The molecule has 1 fully saturated rings. The summed E-state index contributed by atoms with van der Waals surface area (Å²) in [5.41, 5.74) is 1.55. The standard InChI is InChI=1S/C13H16N2O3/c1-9(16)10-4-3-5-11(6-10)15-7-12(17)14(2)13(18)8-15/h3-6,9,16H,7-8H2,1-2H3. The Morgan fingerprint density at radius 1 is 1.22 bits per heavy atom. The molecule has 5 nitrogen and oxygen atoms in total. The third-order valence-corrected chi connectivity index (χ3v) is 3.12. The van der Waals surface area contributed by atoms with Gasteiger partial charge in [-0.05, 0) is 24.6 Å². The van der Waals surface area contributed by atoms with Crippen molar-refractivity contribution in [3.8, 4) is 0 Å². The lowest BCUT2D eigenvalue weighted by molar-refractivity contribution is -0.143. The van der Waals surface area contributed by atoms with Crippen molar-refractivity contribution in [3.63, 3.8) is 0 Å². The van der Waals surface area contributed by atoms with Crippen molar-refractivity contribution in [1.82, 2.24) is 4.90 Å². The number of likely N-dealkylation sites (N-methyl/N-ethyl adjacent to an activating group) is 1. The second-order valence-corrected chi connectivity index (χ2v) is 4.47. The fourth-order valence-corrected chi connectivity index (χ4v) is 1.90. The van der Waals surface area contributed by atoms with Gasteiger partial charge in [-0.2, -0.15) is 0 Å². The number of hydrogen-bond acceptors (Lipinski definition) is 4. The summed E-state index contributed by atoms with van der Waals surface area (Å²) in [6.07, 6.45) is -0.566. The zero-order chi connectivity index (χ0) is 13.3. The second-order valence-electron chi connectivity index (χ2n) is 4.47. The highest BCUT2D eigenvalue weighted by atomic mass is 16.3. The SMILES string of the molecule is CC(O)c1cccc(N2CC(=O)N(C)C(=O)C2)c1. The number of piperazine rings is 1. The summed E-state index contributed by atoms with van der Waals surface area (Å²) in [4.78, 5) is 26.1. The van der Waals surface area contributed by atoms with Gasteiger partial charge in [0.1, 0.15) is 0 Å². The lowest BCUT2D eigenvalue weighted by Gasteiger charge is -2.32. The molecule has 1 heterocycles. The van der Waals surface area contributed by atoms with Crippen LogP contribution in [0, 0.1) is 0 Å². The molecule has 1 saturated heterocycles. The molecule has 0 radical (unpaired) electrons. The molecule has 18 heavy (non-hydrogen) atoms. The van der Waals surface area contributed by atoms with Crippen LogP contribution in [-0.4, -0.2) is 42.0 Å². The molecule has 1 aromatic carbocycles. The highest BCUT2D eigenvalue weighted by Crippen LogP contribution is 2.21. The summed E-state index contributed by atoms with van der Waals surface area (Å²) in [5.74, 6) is -0.428. The largest absolute Gasteiger partial charge is 0.389 e. The molecule has 0 spiro atoms. The Hall–Kier alpha value is -1.88. The van der Waals surface area contributed by atoms with Gasteiger partial charge in [-0.25, -0.2) is 0 Å². The van der Waals surface area contributed by atoms with Crippen LogP contribution in [-0.2, 0) is 9.59 Å². The number of hydrogen-bond donors (Lipinski definition) is 1. The van der Waals surface area contributed by atoms with Crippen LogP contribution in [0.1, 0.15) is 18.6 Å². The first kappa shape index (κ1) is 12.6. The fraction of sp³-hybridized carbons (Fsp3) is 0.385. The molecule has 96 valence electrons. The monoisotopic (exact) mass is 248 g/mol. The molecule has 2 amide bonds. The number of carbonyl (C=O) groups excluding carboxylic acids is 2. The fourth-order valence-electron chi connectivity index (χ4n) is 1.90. The minimum atomic E-state index is -0.566. The predicted octanol–water partition coefficient (Wildman–Crippen LogP) is 0.545. The van der Waals surface area contributed by atoms with E-state index in [1.54, 1.807) is 17.9 Å². The first-order valence-corrected chi connectivity index (χ1v) is 5.81. The lowest BCUT2D eigenvalue weighted by Crippen LogP contribution is -2.52. The molecular weight excluding hydrogens is 232 g/mol. The molecule has 5 heteroatoms. The first-order chi connectivity index (χ1) is 8.49. The van der Waals surface area contributed by atoms with Crippen LogP contribution in [0.5, 0.6) is 0 Å². The van der Waals surface area contributed by atoms with Gasteiger partial charge >= 0.3 is 0 Å². The van der Waals surface area contributed by atoms with Crippen molar-refractivity contribution < 1.29 is 14.7 Å². The highest BCUT2D eigenvalue weighted by molar-refractivity contribution is 6.02. The molecule has 2 rings (SSSR count). The van der Waals surface area contributed by atoms with Gasteiger partial charge in [0.2, 0.25) is 11.8 Å². The summed E-state index contributed by atoms with van der Waals surface area (Å²) < 4.78 is 0. The van der Waals surface area contributed by atoms with E-state index >= 15 is 0 Å². The van der Waals surface area contributed by atoms with E-state index in [4.69, 9.17) is 0 Å². The molecule has 1 unspecified atom stereocenters. The van der Waals surface area contributed by atoms with Crippen LogP contribution >= 0.6 is 0 Å². The molecule has 1 aliphatic heterocycles. The zero-order valence-corrected chi connectivity index (χ0v) is 10.5. The summed E-state index contributed by atoms with van der Waals surface area (Å²) in [6, 6.07) is 7.26. The van der Waals surface area contributed by atoms with E-state index in [2.05, 4.69) is 0 Å². The molecule has 0 saturated carbocycles. The number of aliphatic hydroxyl groups excluding tert-OH is 1. The Morgan fingerprint density at radius 2 is 1.83 bits per heavy atom. The Morgan fingerprint density at radius 3 is 2.39 bits per heavy atom. The van der Waals surface area contributed by atoms with Gasteiger partial charge in [-0.3, -0.25) is 14.5 Å². The summed E-state index contributed by atoms with van der Waals surface area (Å²) >= 11 is 0. The first-order valence-electron chi connectivity index (χ1n) is 5.81.